The first-order valence-electron chi connectivity index (χ1n) is 4.50. The summed E-state index contributed by atoms with van der Waals surface area (Å²) in [6.07, 6.45) is 1.26. The Morgan fingerprint density at radius 1 is 1.15 bits per heavy atom. The summed E-state index contributed by atoms with van der Waals surface area (Å²) in [5.41, 5.74) is 2.62. The van der Waals surface area contributed by atoms with Crippen molar-refractivity contribution in [2.24, 2.45) is 0 Å². The van der Waals surface area contributed by atoms with E-state index in [1.165, 1.54) is 11.1 Å². The molecule has 0 N–H and O–H groups in total. The van der Waals surface area contributed by atoms with Gasteiger partial charge in [-0.3, -0.25) is 0 Å². The van der Waals surface area contributed by atoms with Crippen molar-refractivity contribution >= 4 is 0 Å². The van der Waals surface area contributed by atoms with Gasteiger partial charge in [0.25, 0.3) is 0 Å². The summed E-state index contributed by atoms with van der Waals surface area (Å²) >= 11 is 0. The first-order chi connectivity index (χ1) is 6.36. The van der Waals surface area contributed by atoms with Gasteiger partial charge in [-0.15, -0.1) is 0 Å². The van der Waals surface area contributed by atoms with Crippen molar-refractivity contribution in [3.05, 3.63) is 35.4 Å². The summed E-state index contributed by atoms with van der Waals surface area (Å²) in [7, 11) is 3.47. The molecule has 2 rings (SSSR count). The highest BCUT2D eigenvalue weighted by Crippen LogP contribution is 2.34. The van der Waals surface area contributed by atoms with Crippen molar-refractivity contribution in [3.63, 3.8) is 0 Å². The lowest BCUT2D eigenvalue weighted by Gasteiger charge is -2.16. The van der Waals surface area contributed by atoms with E-state index in [1.807, 2.05) is 6.07 Å². The third-order valence-electron chi connectivity index (χ3n) is 2.68. The number of hydrogen-bond acceptors (Lipinski definition) is 2. The summed E-state index contributed by atoms with van der Waals surface area (Å²) in [5, 5.41) is 0. The highest BCUT2D eigenvalue weighted by Gasteiger charge is 2.31. The largest absolute Gasteiger partial charge is 0.378 e. The van der Waals surface area contributed by atoms with E-state index in [0.29, 0.717) is 0 Å². The molecule has 0 amide bonds. The van der Waals surface area contributed by atoms with Crippen molar-refractivity contribution < 1.29 is 9.47 Å². The average Bonchev–Trinajstić information content (AvgIpc) is 2.55. The van der Waals surface area contributed by atoms with Gasteiger partial charge in [0.15, 0.2) is 0 Å². The van der Waals surface area contributed by atoms with E-state index in [0.717, 1.165) is 6.42 Å². The molecule has 0 aromatic heterocycles. The van der Waals surface area contributed by atoms with Crippen LogP contribution in [0, 0.1) is 0 Å². The highest BCUT2D eigenvalue weighted by molar-refractivity contribution is 5.35. The molecule has 1 aliphatic rings. The van der Waals surface area contributed by atoms with Crippen LogP contribution in [0.2, 0.25) is 0 Å². The van der Waals surface area contributed by atoms with Gasteiger partial charge in [-0.2, -0.15) is 0 Å². The molecule has 1 aliphatic carbocycles. The maximum absolute atomic E-state index is 5.42. The van der Waals surface area contributed by atoms with Crippen molar-refractivity contribution in [2.75, 3.05) is 14.2 Å². The number of rotatable bonds is 2. The van der Waals surface area contributed by atoms with Crippen LogP contribution >= 0.6 is 0 Å². The highest BCUT2D eigenvalue weighted by atomic mass is 16.5. The van der Waals surface area contributed by atoms with Crippen molar-refractivity contribution in [1.82, 2.24) is 0 Å². The van der Waals surface area contributed by atoms with Crippen LogP contribution in [0.4, 0.5) is 0 Å². The molecule has 1 aromatic carbocycles. The summed E-state index contributed by atoms with van der Waals surface area (Å²) < 4.78 is 10.8. The first kappa shape index (κ1) is 8.73. The van der Waals surface area contributed by atoms with E-state index >= 15 is 0 Å². The average molecular weight is 178 g/mol. The van der Waals surface area contributed by atoms with Gasteiger partial charge in [0.1, 0.15) is 6.10 Å². The van der Waals surface area contributed by atoms with E-state index in [-0.39, 0.29) is 12.2 Å². The monoisotopic (exact) mass is 178 g/mol. The lowest BCUT2D eigenvalue weighted by atomic mass is 10.1. The second kappa shape index (κ2) is 3.48. The summed E-state index contributed by atoms with van der Waals surface area (Å²) in [5.74, 6) is 0. The van der Waals surface area contributed by atoms with E-state index in [9.17, 15) is 0 Å². The van der Waals surface area contributed by atoms with Gasteiger partial charge >= 0.3 is 0 Å². The molecule has 2 heteroatoms. The zero-order chi connectivity index (χ0) is 9.26. The van der Waals surface area contributed by atoms with Gasteiger partial charge in [0, 0.05) is 20.6 Å². The van der Waals surface area contributed by atoms with Gasteiger partial charge in [-0.25, -0.2) is 0 Å². The first-order valence-corrected chi connectivity index (χ1v) is 4.50. The number of benzene rings is 1. The van der Waals surface area contributed by atoms with Crippen LogP contribution in [-0.4, -0.2) is 20.3 Å². The Hall–Kier alpha value is -0.860. The molecular formula is C11H14O2. The van der Waals surface area contributed by atoms with Crippen LogP contribution in [0.15, 0.2) is 24.3 Å². The fraction of sp³-hybridized carbons (Fsp3) is 0.455. The third kappa shape index (κ3) is 1.36. The molecule has 2 atom stereocenters. The molecule has 0 aliphatic heterocycles. The van der Waals surface area contributed by atoms with Crippen molar-refractivity contribution in [2.45, 2.75) is 18.6 Å². The number of methoxy groups -OCH3 is 2. The summed E-state index contributed by atoms with van der Waals surface area (Å²) in [6, 6.07) is 8.36. The maximum atomic E-state index is 5.42. The van der Waals surface area contributed by atoms with Crippen LogP contribution < -0.4 is 0 Å². The minimum atomic E-state index is 0.112. The SMILES string of the molecule is CO[C@H]1Cc2ccccc2[C@H]1OC. The third-order valence-corrected chi connectivity index (χ3v) is 2.68. The molecule has 0 unspecified atom stereocenters. The molecule has 70 valence electrons. The Morgan fingerprint density at radius 3 is 2.62 bits per heavy atom. The fourth-order valence-corrected chi connectivity index (χ4v) is 2.01. The lowest BCUT2D eigenvalue weighted by Crippen LogP contribution is -2.17. The van der Waals surface area contributed by atoms with Gasteiger partial charge < -0.3 is 9.47 Å². The minimum Gasteiger partial charge on any atom is -0.378 e. The normalized spacial score (nSPS) is 26.0. The van der Waals surface area contributed by atoms with Crippen LogP contribution in [0.5, 0.6) is 0 Å². The molecule has 0 spiro atoms. The second-order valence-electron chi connectivity index (χ2n) is 3.33. The van der Waals surface area contributed by atoms with Crippen molar-refractivity contribution in [3.8, 4) is 0 Å². The van der Waals surface area contributed by atoms with E-state index in [4.69, 9.17) is 9.47 Å². The molecule has 0 saturated heterocycles. The molecular weight excluding hydrogens is 164 g/mol. The Kier molecular flexibility index (Phi) is 2.34. The fourth-order valence-electron chi connectivity index (χ4n) is 2.01. The number of fused-ring (bicyclic) bond motifs is 1. The van der Waals surface area contributed by atoms with Crippen molar-refractivity contribution in [1.29, 1.82) is 0 Å². The molecule has 1 aromatic rings. The molecule has 0 bridgehead atoms. The maximum Gasteiger partial charge on any atom is 0.109 e. The molecule has 0 radical (unpaired) electrons. The molecule has 0 heterocycles. The van der Waals surface area contributed by atoms with Gasteiger partial charge in [0.05, 0.1) is 6.10 Å². The van der Waals surface area contributed by atoms with E-state index in [1.54, 1.807) is 14.2 Å². The predicted octanol–water partition coefficient (Wildman–Crippen LogP) is 1.95. The summed E-state index contributed by atoms with van der Waals surface area (Å²) in [4.78, 5) is 0. The van der Waals surface area contributed by atoms with Crippen LogP contribution in [0.25, 0.3) is 0 Å². The minimum absolute atomic E-state index is 0.112. The van der Waals surface area contributed by atoms with E-state index in [2.05, 4.69) is 18.2 Å². The Morgan fingerprint density at radius 2 is 1.92 bits per heavy atom. The van der Waals surface area contributed by atoms with Gasteiger partial charge in [0.2, 0.25) is 0 Å². The second-order valence-corrected chi connectivity index (χ2v) is 3.33. The number of hydrogen-bond donors (Lipinski definition) is 0. The Bertz CT molecular complexity index is 296. The van der Waals surface area contributed by atoms with Gasteiger partial charge in [-0.05, 0) is 11.1 Å². The molecule has 0 fully saturated rings. The molecule has 13 heavy (non-hydrogen) atoms. The standard InChI is InChI=1S/C11H14O2/c1-12-10-7-8-5-3-4-6-9(8)11(10)13-2/h3-6,10-11H,7H2,1-2H3/t10-,11+/m0/s1. The molecule has 0 saturated carbocycles. The van der Waals surface area contributed by atoms with E-state index < -0.39 is 0 Å². The lowest BCUT2D eigenvalue weighted by molar-refractivity contribution is -0.0259. The Balaban J connectivity index is 2.34. The van der Waals surface area contributed by atoms with Crippen LogP contribution in [-0.2, 0) is 15.9 Å². The number of ether oxygens (including phenoxy) is 2. The smallest absolute Gasteiger partial charge is 0.109 e. The van der Waals surface area contributed by atoms with Gasteiger partial charge in [-0.1, -0.05) is 24.3 Å². The summed E-state index contributed by atoms with van der Waals surface area (Å²) in [6.45, 7) is 0. The molecule has 2 nitrogen and oxygen atoms in total. The Labute approximate surface area is 78.5 Å². The topological polar surface area (TPSA) is 18.5 Å². The zero-order valence-corrected chi connectivity index (χ0v) is 7.99. The van der Waals surface area contributed by atoms with Crippen LogP contribution in [0.3, 0.4) is 0 Å². The van der Waals surface area contributed by atoms with Crippen LogP contribution in [0.1, 0.15) is 17.2 Å². The predicted molar refractivity (Wildman–Crippen MR) is 50.7 cm³/mol. The zero-order valence-electron chi connectivity index (χ0n) is 7.99. The quantitative estimate of drug-likeness (QED) is 0.689.